The Labute approximate surface area is 134 Å². The maximum absolute atomic E-state index is 6.15. The SMILES string of the molecule is CCN(Cc1cccs1)c1nc2ccccc2cc1CCl. The standard InChI is InChI=1S/C17H17ClN2S/c1-2-20(12-15-7-5-9-21-15)17-14(11-18)10-13-6-3-4-8-16(13)19-17/h3-10H,2,11-12H2,1H3. The lowest BCUT2D eigenvalue weighted by Crippen LogP contribution is -2.23. The summed E-state index contributed by atoms with van der Waals surface area (Å²) >= 11 is 7.93. The average Bonchev–Trinajstić information content (AvgIpc) is 3.04. The van der Waals surface area contributed by atoms with Crippen molar-refractivity contribution in [2.75, 3.05) is 11.4 Å². The lowest BCUT2D eigenvalue weighted by atomic mass is 10.1. The zero-order valence-corrected chi connectivity index (χ0v) is 13.5. The van der Waals surface area contributed by atoms with E-state index < -0.39 is 0 Å². The van der Waals surface area contributed by atoms with Crippen molar-refractivity contribution < 1.29 is 0 Å². The lowest BCUT2D eigenvalue weighted by Gasteiger charge is -2.24. The predicted molar refractivity (Wildman–Crippen MR) is 92.3 cm³/mol. The van der Waals surface area contributed by atoms with Crippen LogP contribution in [0.5, 0.6) is 0 Å². The Morgan fingerprint density at radius 2 is 2.05 bits per heavy atom. The van der Waals surface area contributed by atoms with E-state index in [9.17, 15) is 0 Å². The minimum atomic E-state index is 0.480. The van der Waals surface area contributed by atoms with E-state index in [1.54, 1.807) is 11.3 Å². The lowest BCUT2D eigenvalue weighted by molar-refractivity contribution is 0.821. The first kappa shape index (κ1) is 14.4. The number of alkyl halides is 1. The molecule has 0 N–H and O–H groups in total. The third kappa shape index (κ3) is 3.04. The van der Waals surface area contributed by atoms with E-state index in [0.29, 0.717) is 5.88 Å². The van der Waals surface area contributed by atoms with E-state index in [4.69, 9.17) is 16.6 Å². The Morgan fingerprint density at radius 3 is 2.76 bits per heavy atom. The summed E-state index contributed by atoms with van der Waals surface area (Å²) in [6.45, 7) is 3.94. The first-order valence-corrected chi connectivity index (χ1v) is 8.45. The molecule has 0 aliphatic carbocycles. The minimum Gasteiger partial charge on any atom is -0.351 e. The Bertz CT molecular complexity index is 725. The zero-order chi connectivity index (χ0) is 14.7. The predicted octanol–water partition coefficient (Wildman–Crippen LogP) is 5.06. The van der Waals surface area contributed by atoms with Gasteiger partial charge in [0.2, 0.25) is 0 Å². The number of anilines is 1. The number of fused-ring (bicyclic) bond motifs is 1. The summed E-state index contributed by atoms with van der Waals surface area (Å²) in [7, 11) is 0. The summed E-state index contributed by atoms with van der Waals surface area (Å²) in [6.07, 6.45) is 0. The Balaban J connectivity index is 2.03. The average molecular weight is 317 g/mol. The second-order valence-corrected chi connectivity index (χ2v) is 6.19. The molecule has 0 aliphatic heterocycles. The van der Waals surface area contributed by atoms with Crippen LogP contribution < -0.4 is 4.90 Å². The number of nitrogens with zero attached hydrogens (tertiary/aromatic N) is 2. The molecule has 4 heteroatoms. The van der Waals surface area contributed by atoms with Crippen LogP contribution in [0.1, 0.15) is 17.4 Å². The van der Waals surface area contributed by atoms with Crippen LogP contribution in [-0.4, -0.2) is 11.5 Å². The summed E-state index contributed by atoms with van der Waals surface area (Å²) < 4.78 is 0. The van der Waals surface area contributed by atoms with Crippen LogP contribution in [0.15, 0.2) is 47.8 Å². The van der Waals surface area contributed by atoms with Crippen LogP contribution in [0.3, 0.4) is 0 Å². The van der Waals surface area contributed by atoms with E-state index in [0.717, 1.165) is 35.4 Å². The molecule has 0 radical (unpaired) electrons. The van der Waals surface area contributed by atoms with Crippen molar-refractivity contribution in [1.29, 1.82) is 0 Å². The smallest absolute Gasteiger partial charge is 0.134 e. The molecule has 0 saturated carbocycles. The molecule has 21 heavy (non-hydrogen) atoms. The van der Waals surface area contributed by atoms with Gasteiger partial charge >= 0.3 is 0 Å². The number of thiophene rings is 1. The zero-order valence-electron chi connectivity index (χ0n) is 11.9. The summed E-state index contributed by atoms with van der Waals surface area (Å²) in [4.78, 5) is 8.47. The first-order valence-electron chi connectivity index (χ1n) is 7.03. The summed E-state index contributed by atoms with van der Waals surface area (Å²) in [5.74, 6) is 1.48. The number of halogens is 1. The van der Waals surface area contributed by atoms with Crippen LogP contribution in [0.2, 0.25) is 0 Å². The van der Waals surface area contributed by atoms with Gasteiger partial charge < -0.3 is 4.90 Å². The van der Waals surface area contributed by atoms with Crippen LogP contribution >= 0.6 is 22.9 Å². The molecule has 2 heterocycles. The Hall–Kier alpha value is -1.58. The van der Waals surface area contributed by atoms with Crippen LogP contribution in [-0.2, 0) is 12.4 Å². The van der Waals surface area contributed by atoms with Gasteiger partial charge in [0, 0.05) is 22.4 Å². The van der Waals surface area contributed by atoms with Gasteiger partial charge in [0.05, 0.1) is 17.9 Å². The fourth-order valence-corrected chi connectivity index (χ4v) is 3.36. The molecule has 0 unspecified atom stereocenters. The number of pyridine rings is 1. The molecule has 2 aromatic heterocycles. The normalized spacial score (nSPS) is 11.0. The highest BCUT2D eigenvalue weighted by molar-refractivity contribution is 7.09. The third-order valence-electron chi connectivity index (χ3n) is 3.53. The number of hydrogen-bond acceptors (Lipinski definition) is 3. The second kappa shape index (κ2) is 6.46. The molecule has 0 atom stereocenters. The van der Waals surface area contributed by atoms with Crippen molar-refractivity contribution in [3.05, 3.63) is 58.3 Å². The monoisotopic (exact) mass is 316 g/mol. The summed E-state index contributed by atoms with van der Waals surface area (Å²) in [5, 5.41) is 3.25. The number of rotatable bonds is 5. The molecule has 0 amide bonds. The number of para-hydroxylation sites is 1. The summed E-state index contributed by atoms with van der Waals surface area (Å²) in [6, 6.07) is 14.6. The van der Waals surface area contributed by atoms with Crippen molar-refractivity contribution in [3.8, 4) is 0 Å². The van der Waals surface area contributed by atoms with Gasteiger partial charge in [-0.05, 0) is 30.5 Å². The quantitative estimate of drug-likeness (QED) is 0.611. The van der Waals surface area contributed by atoms with E-state index in [2.05, 4.69) is 47.5 Å². The molecule has 2 nitrogen and oxygen atoms in total. The highest BCUT2D eigenvalue weighted by Crippen LogP contribution is 2.27. The van der Waals surface area contributed by atoms with Crippen LogP contribution in [0.25, 0.3) is 10.9 Å². The number of hydrogen-bond donors (Lipinski definition) is 0. The van der Waals surface area contributed by atoms with Gasteiger partial charge in [-0.2, -0.15) is 0 Å². The molecular formula is C17H17ClN2S. The molecule has 0 bridgehead atoms. The van der Waals surface area contributed by atoms with Gasteiger partial charge in [0.15, 0.2) is 0 Å². The van der Waals surface area contributed by atoms with Gasteiger partial charge in [-0.15, -0.1) is 22.9 Å². The first-order chi connectivity index (χ1) is 10.3. The molecule has 3 aromatic rings. The highest BCUT2D eigenvalue weighted by atomic mass is 35.5. The minimum absolute atomic E-state index is 0.480. The van der Waals surface area contributed by atoms with Crippen molar-refractivity contribution in [2.45, 2.75) is 19.3 Å². The fourth-order valence-electron chi connectivity index (χ4n) is 2.45. The molecule has 0 spiro atoms. The van der Waals surface area contributed by atoms with E-state index in [-0.39, 0.29) is 0 Å². The molecule has 1 aromatic carbocycles. The maximum Gasteiger partial charge on any atom is 0.134 e. The van der Waals surface area contributed by atoms with Crippen molar-refractivity contribution in [2.24, 2.45) is 0 Å². The molecule has 0 aliphatic rings. The van der Waals surface area contributed by atoms with E-state index in [1.165, 1.54) is 4.88 Å². The molecule has 0 saturated heterocycles. The second-order valence-electron chi connectivity index (χ2n) is 4.89. The maximum atomic E-state index is 6.15. The van der Waals surface area contributed by atoms with Crippen molar-refractivity contribution in [1.82, 2.24) is 4.98 Å². The Kier molecular flexibility index (Phi) is 4.42. The molecular weight excluding hydrogens is 300 g/mol. The summed E-state index contributed by atoms with van der Waals surface area (Å²) in [5.41, 5.74) is 2.11. The van der Waals surface area contributed by atoms with Gasteiger partial charge in [-0.25, -0.2) is 4.98 Å². The Morgan fingerprint density at radius 1 is 1.19 bits per heavy atom. The fraction of sp³-hybridized carbons (Fsp3) is 0.235. The van der Waals surface area contributed by atoms with Crippen LogP contribution in [0.4, 0.5) is 5.82 Å². The van der Waals surface area contributed by atoms with Crippen LogP contribution in [0, 0.1) is 0 Å². The van der Waals surface area contributed by atoms with Gasteiger partial charge in [0.25, 0.3) is 0 Å². The van der Waals surface area contributed by atoms with E-state index in [1.807, 2.05) is 12.1 Å². The largest absolute Gasteiger partial charge is 0.351 e. The molecule has 108 valence electrons. The third-order valence-corrected chi connectivity index (χ3v) is 4.68. The number of aromatic nitrogens is 1. The molecule has 3 rings (SSSR count). The highest BCUT2D eigenvalue weighted by Gasteiger charge is 2.13. The van der Waals surface area contributed by atoms with Gasteiger partial charge in [-0.1, -0.05) is 24.3 Å². The topological polar surface area (TPSA) is 16.1 Å². The van der Waals surface area contributed by atoms with Crippen molar-refractivity contribution in [3.63, 3.8) is 0 Å². The van der Waals surface area contributed by atoms with Gasteiger partial charge in [0.1, 0.15) is 5.82 Å². The number of benzene rings is 1. The van der Waals surface area contributed by atoms with Gasteiger partial charge in [-0.3, -0.25) is 0 Å². The van der Waals surface area contributed by atoms with E-state index >= 15 is 0 Å². The van der Waals surface area contributed by atoms with Crippen molar-refractivity contribution >= 4 is 39.7 Å². The molecule has 0 fully saturated rings.